The molecule has 0 spiro atoms. The monoisotopic (exact) mass is 665 g/mol. The summed E-state index contributed by atoms with van der Waals surface area (Å²) < 4.78 is 32.1. The molecule has 2 aromatic heterocycles. The van der Waals surface area contributed by atoms with Gasteiger partial charge in [-0.3, -0.25) is 9.59 Å². The Morgan fingerprint density at radius 2 is 1.48 bits per heavy atom. The molecule has 0 saturated heterocycles. The molecule has 0 unspecified atom stereocenters. The largest absolute Gasteiger partial charge is 0.324 e. The summed E-state index contributed by atoms with van der Waals surface area (Å²) in [5, 5.41) is 2.99. The molecule has 5 aromatic rings. The standard InChI is InChI=1S/C38H43N5O4S/c1-4-6-18-35-40-33-25-32(41-36(44)19-7-5-2)27(3)39-38(33)43(35)26-29-20-22-31(30-16-12-9-13-17-30)34(24-29)48(46,47)42-37(45)23-21-28-14-10-8-11-15-28/h8-17,20,22,24-25H,4-7,18-19,21,23,26H2,1-3H3,(H,41,44)(H,42,45). The van der Waals surface area contributed by atoms with Crippen LogP contribution in [-0.4, -0.2) is 34.8 Å². The molecule has 0 atom stereocenters. The summed E-state index contributed by atoms with van der Waals surface area (Å²) in [6, 6.07) is 26.0. The quantitative estimate of drug-likeness (QED) is 0.120. The molecule has 0 fully saturated rings. The maximum atomic E-state index is 13.9. The molecule has 0 aliphatic heterocycles. The van der Waals surface area contributed by atoms with Crippen LogP contribution in [-0.2, 0) is 39.0 Å². The Kier molecular flexibility index (Phi) is 11.4. The van der Waals surface area contributed by atoms with E-state index < -0.39 is 15.9 Å². The van der Waals surface area contributed by atoms with Crippen molar-refractivity contribution in [2.24, 2.45) is 0 Å². The molecule has 0 bridgehead atoms. The van der Waals surface area contributed by atoms with Gasteiger partial charge in [0.05, 0.1) is 22.8 Å². The van der Waals surface area contributed by atoms with E-state index in [0.29, 0.717) is 47.5 Å². The highest BCUT2D eigenvalue weighted by molar-refractivity contribution is 7.90. The number of imidazole rings is 1. The zero-order valence-corrected chi connectivity index (χ0v) is 28.6. The van der Waals surface area contributed by atoms with Crippen molar-refractivity contribution in [3.63, 3.8) is 0 Å². The SMILES string of the molecule is CCCCC(=O)Nc1cc2nc(CCCC)n(Cc3ccc(-c4ccccc4)c(S(=O)(=O)NC(=O)CCc4ccccc4)c3)c2nc1C. The minimum atomic E-state index is -4.22. The van der Waals surface area contributed by atoms with Crippen molar-refractivity contribution < 1.29 is 18.0 Å². The summed E-state index contributed by atoms with van der Waals surface area (Å²) in [5.74, 6) is 0.216. The van der Waals surface area contributed by atoms with Gasteiger partial charge in [0.15, 0.2) is 5.65 Å². The van der Waals surface area contributed by atoms with Crippen molar-refractivity contribution in [3.05, 3.63) is 108 Å². The summed E-state index contributed by atoms with van der Waals surface area (Å²) in [7, 11) is -4.22. The average molecular weight is 666 g/mol. The van der Waals surface area contributed by atoms with Crippen LogP contribution in [0.3, 0.4) is 0 Å². The zero-order valence-electron chi connectivity index (χ0n) is 27.8. The second-order valence-electron chi connectivity index (χ2n) is 12.0. The third-order valence-corrected chi connectivity index (χ3v) is 9.68. The van der Waals surface area contributed by atoms with Crippen LogP contribution in [0.5, 0.6) is 0 Å². The molecule has 2 amide bonds. The fraction of sp³-hybridized carbons (Fsp3) is 0.316. The Morgan fingerprint density at radius 3 is 2.19 bits per heavy atom. The van der Waals surface area contributed by atoms with E-state index in [9.17, 15) is 18.0 Å². The Bertz CT molecular complexity index is 1990. The molecule has 48 heavy (non-hydrogen) atoms. The number of carbonyl (C=O) groups is 2. The lowest BCUT2D eigenvalue weighted by Gasteiger charge is -2.15. The lowest BCUT2D eigenvalue weighted by Crippen LogP contribution is -2.31. The van der Waals surface area contributed by atoms with E-state index >= 15 is 0 Å². The summed E-state index contributed by atoms with van der Waals surface area (Å²) in [6.07, 6.45) is 5.28. The second-order valence-corrected chi connectivity index (χ2v) is 13.7. The fourth-order valence-electron chi connectivity index (χ4n) is 5.64. The van der Waals surface area contributed by atoms with Crippen LogP contribution in [0.1, 0.15) is 75.0 Å². The predicted molar refractivity (Wildman–Crippen MR) is 190 cm³/mol. The van der Waals surface area contributed by atoms with E-state index in [-0.39, 0.29) is 17.2 Å². The van der Waals surface area contributed by atoms with Crippen LogP contribution in [0.15, 0.2) is 89.8 Å². The van der Waals surface area contributed by atoms with Crippen molar-refractivity contribution >= 4 is 38.7 Å². The number of hydrogen-bond donors (Lipinski definition) is 2. The molecule has 9 nitrogen and oxygen atoms in total. The topological polar surface area (TPSA) is 123 Å². The van der Waals surface area contributed by atoms with Crippen molar-refractivity contribution in [2.75, 3.05) is 5.32 Å². The van der Waals surface area contributed by atoms with Gasteiger partial charge in [-0.1, -0.05) is 99.5 Å². The zero-order chi connectivity index (χ0) is 34.1. The number of pyridine rings is 1. The molecule has 2 heterocycles. The third-order valence-electron chi connectivity index (χ3n) is 8.27. The number of carbonyl (C=O) groups excluding carboxylic acids is 2. The van der Waals surface area contributed by atoms with Crippen LogP contribution in [0.4, 0.5) is 5.69 Å². The van der Waals surface area contributed by atoms with Crippen molar-refractivity contribution in [3.8, 4) is 11.1 Å². The number of amides is 2. The van der Waals surface area contributed by atoms with Crippen LogP contribution in [0, 0.1) is 6.92 Å². The van der Waals surface area contributed by atoms with Crippen LogP contribution >= 0.6 is 0 Å². The maximum absolute atomic E-state index is 13.9. The van der Waals surface area contributed by atoms with Crippen LogP contribution < -0.4 is 10.0 Å². The van der Waals surface area contributed by atoms with Gasteiger partial charge in [0.1, 0.15) is 11.3 Å². The predicted octanol–water partition coefficient (Wildman–Crippen LogP) is 7.36. The normalized spacial score (nSPS) is 11.5. The Hall–Kier alpha value is -4.83. The molecule has 5 rings (SSSR count). The number of nitrogens with one attached hydrogen (secondary N) is 2. The van der Waals surface area contributed by atoms with Crippen LogP contribution in [0.25, 0.3) is 22.3 Å². The van der Waals surface area contributed by atoms with E-state index in [1.807, 2.05) is 91.2 Å². The highest BCUT2D eigenvalue weighted by Gasteiger charge is 2.24. The third kappa shape index (κ3) is 8.55. The van der Waals surface area contributed by atoms with Crippen molar-refractivity contribution in [2.45, 2.75) is 83.6 Å². The number of aryl methyl sites for hydroxylation is 3. The van der Waals surface area contributed by atoms with E-state index in [0.717, 1.165) is 54.6 Å². The average Bonchev–Trinajstić information content (AvgIpc) is 3.41. The number of anilines is 1. The van der Waals surface area contributed by atoms with E-state index in [1.54, 1.807) is 12.1 Å². The first-order valence-corrected chi connectivity index (χ1v) is 18.1. The number of fused-ring (bicyclic) bond motifs is 1. The lowest BCUT2D eigenvalue weighted by atomic mass is 10.0. The van der Waals surface area contributed by atoms with Crippen molar-refractivity contribution in [1.29, 1.82) is 0 Å². The smallest absolute Gasteiger partial charge is 0.264 e. The molecular formula is C38H43N5O4S. The number of nitrogens with zero attached hydrogens (tertiary/aromatic N) is 3. The van der Waals surface area contributed by atoms with Gasteiger partial charge in [-0.25, -0.2) is 23.1 Å². The van der Waals surface area contributed by atoms with Gasteiger partial charge >= 0.3 is 0 Å². The summed E-state index contributed by atoms with van der Waals surface area (Å²) in [6.45, 7) is 6.35. The lowest BCUT2D eigenvalue weighted by molar-refractivity contribution is -0.119. The van der Waals surface area contributed by atoms with Crippen molar-refractivity contribution in [1.82, 2.24) is 19.3 Å². The molecule has 0 aliphatic rings. The number of rotatable bonds is 15. The first-order valence-electron chi connectivity index (χ1n) is 16.6. The summed E-state index contributed by atoms with van der Waals surface area (Å²) >= 11 is 0. The Balaban J connectivity index is 1.49. The number of aromatic nitrogens is 3. The summed E-state index contributed by atoms with van der Waals surface area (Å²) in [5.41, 5.74) is 5.55. The highest BCUT2D eigenvalue weighted by Crippen LogP contribution is 2.30. The second kappa shape index (κ2) is 15.8. The molecule has 0 aliphatic carbocycles. The van der Waals surface area contributed by atoms with Gasteiger partial charge in [0.2, 0.25) is 11.8 Å². The molecule has 10 heteroatoms. The Morgan fingerprint density at radius 1 is 0.771 bits per heavy atom. The molecule has 0 saturated carbocycles. The van der Waals surface area contributed by atoms with E-state index in [2.05, 4.69) is 17.0 Å². The Labute approximate surface area is 282 Å². The van der Waals surface area contributed by atoms with E-state index in [1.165, 1.54) is 0 Å². The van der Waals surface area contributed by atoms with E-state index in [4.69, 9.17) is 9.97 Å². The number of sulfonamides is 1. The highest BCUT2D eigenvalue weighted by atomic mass is 32.2. The number of unbranched alkanes of at least 4 members (excludes halogenated alkanes) is 2. The fourth-order valence-corrected chi connectivity index (χ4v) is 6.93. The summed E-state index contributed by atoms with van der Waals surface area (Å²) in [4.78, 5) is 35.2. The van der Waals surface area contributed by atoms with Gasteiger partial charge in [0, 0.05) is 24.8 Å². The molecular weight excluding hydrogens is 623 g/mol. The molecule has 250 valence electrons. The van der Waals surface area contributed by atoms with Crippen LogP contribution in [0.2, 0.25) is 0 Å². The number of hydrogen-bond acceptors (Lipinski definition) is 6. The minimum Gasteiger partial charge on any atom is -0.324 e. The number of benzene rings is 3. The van der Waals surface area contributed by atoms with Gasteiger partial charge < -0.3 is 9.88 Å². The maximum Gasteiger partial charge on any atom is 0.264 e. The first-order chi connectivity index (χ1) is 23.2. The van der Waals surface area contributed by atoms with Gasteiger partial charge in [-0.15, -0.1) is 0 Å². The molecule has 2 N–H and O–H groups in total. The molecule has 0 radical (unpaired) electrons. The van der Waals surface area contributed by atoms with Gasteiger partial charge in [-0.2, -0.15) is 0 Å². The minimum absolute atomic E-state index is 0.0278. The van der Waals surface area contributed by atoms with Gasteiger partial charge in [-0.05, 0) is 55.0 Å². The first kappa shape index (κ1) is 34.5. The van der Waals surface area contributed by atoms with Gasteiger partial charge in [0.25, 0.3) is 10.0 Å². The molecule has 3 aromatic carbocycles.